The molecule has 0 atom stereocenters. The lowest BCUT2D eigenvalue weighted by Gasteiger charge is -2.29. The summed E-state index contributed by atoms with van der Waals surface area (Å²) in [4.78, 5) is 6.96. The molecule has 5 nitrogen and oxygen atoms in total. The van der Waals surface area contributed by atoms with Crippen LogP contribution in [-0.2, 0) is 6.54 Å². The molecule has 1 aliphatic heterocycles. The van der Waals surface area contributed by atoms with Crippen LogP contribution in [0.3, 0.4) is 0 Å². The Balaban J connectivity index is 1.59. The van der Waals surface area contributed by atoms with Gasteiger partial charge in [0.15, 0.2) is 0 Å². The summed E-state index contributed by atoms with van der Waals surface area (Å²) < 4.78 is 8.51. The van der Waals surface area contributed by atoms with E-state index in [1.807, 2.05) is 48.8 Å². The van der Waals surface area contributed by atoms with Crippen molar-refractivity contribution < 1.29 is 4.74 Å². The predicted octanol–water partition coefficient (Wildman–Crippen LogP) is 3.65. The number of aromatic nitrogens is 2. The molecule has 0 spiro atoms. The summed E-state index contributed by atoms with van der Waals surface area (Å²) >= 11 is 0. The molecule has 0 saturated carbocycles. The molecule has 0 unspecified atom stereocenters. The minimum atomic E-state index is 0.260. The number of hydrogen-bond donors (Lipinski definition) is 1. The lowest BCUT2D eigenvalue weighted by molar-refractivity contribution is 0.115. The molecule has 2 aromatic carbocycles. The number of nitrogen functional groups attached to an aromatic ring is 1. The van der Waals surface area contributed by atoms with Crippen LogP contribution < -0.4 is 10.5 Å². The van der Waals surface area contributed by atoms with E-state index in [-0.39, 0.29) is 6.10 Å². The van der Waals surface area contributed by atoms with Gasteiger partial charge < -0.3 is 19.9 Å². The molecule has 0 bridgehead atoms. The standard InChI is InChI=1S/C22H26N4O/c1-25-13-10-18(11-14-25)27-21-9-5-3-7-19(21)22-24-12-15-26(22)16-17-6-2-4-8-20(17)23/h2-9,12,15,18H,10-11,13-14,16,23H2,1H3. The third-order valence-corrected chi connectivity index (χ3v) is 5.20. The van der Waals surface area contributed by atoms with Crippen LogP contribution in [0.15, 0.2) is 60.9 Å². The van der Waals surface area contributed by atoms with E-state index >= 15 is 0 Å². The number of likely N-dealkylation sites (tertiary alicyclic amines) is 1. The van der Waals surface area contributed by atoms with Crippen LogP contribution in [0.25, 0.3) is 11.4 Å². The zero-order chi connectivity index (χ0) is 18.6. The minimum absolute atomic E-state index is 0.260. The van der Waals surface area contributed by atoms with Gasteiger partial charge in [0.2, 0.25) is 0 Å². The largest absolute Gasteiger partial charge is 0.490 e. The molecule has 4 rings (SSSR count). The van der Waals surface area contributed by atoms with E-state index < -0.39 is 0 Å². The number of anilines is 1. The lowest BCUT2D eigenvalue weighted by atomic mass is 10.1. The normalized spacial score (nSPS) is 15.7. The molecule has 1 fully saturated rings. The Kier molecular flexibility index (Phi) is 5.12. The van der Waals surface area contributed by atoms with E-state index in [4.69, 9.17) is 10.5 Å². The fourth-order valence-corrected chi connectivity index (χ4v) is 3.58. The molecular weight excluding hydrogens is 336 g/mol. The predicted molar refractivity (Wildman–Crippen MR) is 109 cm³/mol. The van der Waals surface area contributed by atoms with Gasteiger partial charge in [-0.2, -0.15) is 0 Å². The highest BCUT2D eigenvalue weighted by Gasteiger charge is 2.20. The number of benzene rings is 2. The van der Waals surface area contributed by atoms with Crippen molar-refractivity contribution in [1.82, 2.24) is 14.5 Å². The first-order valence-corrected chi connectivity index (χ1v) is 9.50. The van der Waals surface area contributed by atoms with Crippen molar-refractivity contribution in [2.75, 3.05) is 25.9 Å². The first kappa shape index (κ1) is 17.6. The highest BCUT2D eigenvalue weighted by Crippen LogP contribution is 2.31. The van der Waals surface area contributed by atoms with Crippen molar-refractivity contribution >= 4 is 5.69 Å². The van der Waals surface area contributed by atoms with Crippen LogP contribution in [-0.4, -0.2) is 40.7 Å². The Bertz CT molecular complexity index is 897. The summed E-state index contributed by atoms with van der Waals surface area (Å²) in [5.41, 5.74) is 9.04. The number of nitrogens with zero attached hydrogens (tertiary/aromatic N) is 3. The molecule has 140 valence electrons. The molecule has 0 aliphatic carbocycles. The van der Waals surface area contributed by atoms with Crippen molar-refractivity contribution in [2.45, 2.75) is 25.5 Å². The van der Waals surface area contributed by atoms with Gasteiger partial charge in [0.1, 0.15) is 17.7 Å². The van der Waals surface area contributed by atoms with E-state index in [0.717, 1.165) is 54.3 Å². The maximum Gasteiger partial charge on any atom is 0.143 e. The van der Waals surface area contributed by atoms with Crippen LogP contribution in [0, 0.1) is 0 Å². The second kappa shape index (κ2) is 7.84. The second-order valence-electron chi connectivity index (χ2n) is 7.19. The maximum absolute atomic E-state index is 6.38. The number of nitrogens with two attached hydrogens (primary N) is 1. The van der Waals surface area contributed by atoms with E-state index in [1.165, 1.54) is 0 Å². The van der Waals surface area contributed by atoms with Crippen molar-refractivity contribution in [1.29, 1.82) is 0 Å². The molecule has 2 N–H and O–H groups in total. The summed E-state index contributed by atoms with van der Waals surface area (Å²) in [5, 5.41) is 0. The van der Waals surface area contributed by atoms with Crippen molar-refractivity contribution in [3.63, 3.8) is 0 Å². The fraction of sp³-hybridized carbons (Fsp3) is 0.318. The Hall–Kier alpha value is -2.79. The van der Waals surface area contributed by atoms with Crippen LogP contribution in [0.4, 0.5) is 5.69 Å². The van der Waals surface area contributed by atoms with E-state index in [1.54, 1.807) is 0 Å². The second-order valence-corrected chi connectivity index (χ2v) is 7.19. The van der Waals surface area contributed by atoms with Crippen molar-refractivity contribution in [3.8, 4) is 17.1 Å². The van der Waals surface area contributed by atoms with Crippen LogP contribution >= 0.6 is 0 Å². The van der Waals surface area contributed by atoms with Gasteiger partial charge in [-0.25, -0.2) is 4.98 Å². The van der Waals surface area contributed by atoms with Crippen molar-refractivity contribution in [2.24, 2.45) is 0 Å². The molecule has 3 aromatic rings. The molecule has 2 heterocycles. The number of imidazole rings is 1. The first-order chi connectivity index (χ1) is 13.2. The molecule has 1 aromatic heterocycles. The van der Waals surface area contributed by atoms with Gasteiger partial charge in [0.25, 0.3) is 0 Å². The number of piperidine rings is 1. The van der Waals surface area contributed by atoms with Gasteiger partial charge in [-0.15, -0.1) is 0 Å². The van der Waals surface area contributed by atoms with Gasteiger partial charge in [0, 0.05) is 31.2 Å². The van der Waals surface area contributed by atoms with E-state index in [9.17, 15) is 0 Å². The molecule has 1 saturated heterocycles. The Labute approximate surface area is 160 Å². The van der Waals surface area contributed by atoms with Crippen LogP contribution in [0.2, 0.25) is 0 Å². The topological polar surface area (TPSA) is 56.3 Å². The summed E-state index contributed by atoms with van der Waals surface area (Å²) in [6.07, 6.45) is 6.20. The first-order valence-electron chi connectivity index (χ1n) is 9.50. The molecule has 1 aliphatic rings. The number of hydrogen-bond acceptors (Lipinski definition) is 4. The Morgan fingerprint density at radius 1 is 1.07 bits per heavy atom. The van der Waals surface area contributed by atoms with Crippen LogP contribution in [0.5, 0.6) is 5.75 Å². The molecule has 0 radical (unpaired) electrons. The van der Waals surface area contributed by atoms with Crippen molar-refractivity contribution in [3.05, 3.63) is 66.5 Å². The molecule has 0 amide bonds. The Morgan fingerprint density at radius 3 is 2.63 bits per heavy atom. The number of para-hydroxylation sites is 2. The highest BCUT2D eigenvalue weighted by atomic mass is 16.5. The van der Waals surface area contributed by atoms with Gasteiger partial charge >= 0.3 is 0 Å². The number of rotatable bonds is 5. The highest BCUT2D eigenvalue weighted by molar-refractivity contribution is 5.65. The van der Waals surface area contributed by atoms with Gasteiger partial charge in [-0.05, 0) is 43.7 Å². The lowest BCUT2D eigenvalue weighted by Crippen LogP contribution is -2.35. The third kappa shape index (κ3) is 3.98. The van der Waals surface area contributed by atoms with Gasteiger partial charge in [-0.3, -0.25) is 0 Å². The summed E-state index contributed by atoms with van der Waals surface area (Å²) in [7, 11) is 2.16. The quantitative estimate of drug-likeness (QED) is 0.704. The van der Waals surface area contributed by atoms with Gasteiger partial charge in [-0.1, -0.05) is 30.3 Å². The third-order valence-electron chi connectivity index (χ3n) is 5.20. The molecule has 5 heteroatoms. The average Bonchev–Trinajstić information content (AvgIpc) is 3.14. The minimum Gasteiger partial charge on any atom is -0.490 e. The average molecular weight is 362 g/mol. The number of ether oxygens (including phenoxy) is 1. The summed E-state index contributed by atoms with van der Waals surface area (Å²) in [5.74, 6) is 1.81. The summed E-state index contributed by atoms with van der Waals surface area (Å²) in [6.45, 7) is 2.84. The summed E-state index contributed by atoms with van der Waals surface area (Å²) in [6, 6.07) is 16.1. The smallest absolute Gasteiger partial charge is 0.143 e. The van der Waals surface area contributed by atoms with Crippen LogP contribution in [0.1, 0.15) is 18.4 Å². The molecule has 27 heavy (non-hydrogen) atoms. The fourth-order valence-electron chi connectivity index (χ4n) is 3.58. The zero-order valence-corrected chi connectivity index (χ0v) is 15.7. The van der Waals surface area contributed by atoms with E-state index in [0.29, 0.717) is 6.54 Å². The SMILES string of the molecule is CN1CCC(Oc2ccccc2-c2nccn2Cc2ccccc2N)CC1. The van der Waals surface area contributed by atoms with E-state index in [2.05, 4.69) is 33.6 Å². The van der Waals surface area contributed by atoms with Gasteiger partial charge in [0.05, 0.1) is 12.1 Å². The monoisotopic (exact) mass is 362 g/mol. The zero-order valence-electron chi connectivity index (χ0n) is 15.7. The Morgan fingerprint density at radius 2 is 1.81 bits per heavy atom. The molecular formula is C22H26N4O. The maximum atomic E-state index is 6.38.